The van der Waals surface area contributed by atoms with Crippen molar-refractivity contribution < 1.29 is 24.2 Å². The largest absolute Gasteiger partial charge is 0.490 e. The third-order valence-electron chi connectivity index (χ3n) is 5.26. The molecule has 1 fully saturated rings. The van der Waals surface area contributed by atoms with Gasteiger partial charge in [-0.3, -0.25) is 9.59 Å². The fourth-order valence-electron chi connectivity index (χ4n) is 3.49. The highest BCUT2D eigenvalue weighted by Crippen LogP contribution is 2.28. The number of urea groups is 1. The quantitative estimate of drug-likeness (QED) is 0.446. The van der Waals surface area contributed by atoms with Crippen molar-refractivity contribution in [3.63, 3.8) is 0 Å². The number of halogens is 1. The van der Waals surface area contributed by atoms with E-state index in [9.17, 15) is 14.4 Å². The van der Waals surface area contributed by atoms with E-state index >= 15 is 0 Å². The zero-order chi connectivity index (χ0) is 22.9. The molecule has 0 saturated heterocycles. The van der Waals surface area contributed by atoms with Gasteiger partial charge < -0.3 is 25.8 Å². The lowest BCUT2D eigenvalue weighted by Crippen LogP contribution is -2.36. The van der Waals surface area contributed by atoms with E-state index in [1.807, 2.05) is 0 Å². The van der Waals surface area contributed by atoms with Crippen LogP contribution in [0.25, 0.3) is 0 Å². The fourth-order valence-corrected chi connectivity index (χ4v) is 3.67. The number of hydrogen-bond acceptors (Lipinski definition) is 4. The van der Waals surface area contributed by atoms with Gasteiger partial charge in [-0.15, -0.1) is 0 Å². The van der Waals surface area contributed by atoms with Crippen LogP contribution in [-0.2, 0) is 4.79 Å². The van der Waals surface area contributed by atoms with E-state index in [2.05, 4.69) is 16.0 Å². The minimum atomic E-state index is -0.741. The lowest BCUT2D eigenvalue weighted by atomic mass is 9.87. The van der Waals surface area contributed by atoms with Crippen LogP contribution in [0.4, 0.5) is 10.5 Å². The molecule has 2 aromatic carbocycles. The highest BCUT2D eigenvalue weighted by Gasteiger charge is 2.26. The molecule has 3 rings (SSSR count). The minimum Gasteiger partial charge on any atom is -0.490 e. The topological polar surface area (TPSA) is 117 Å². The maximum atomic E-state index is 12.3. The van der Waals surface area contributed by atoms with E-state index < -0.39 is 12.0 Å². The molecule has 0 atom stereocenters. The molecular weight excluding hydrogens is 434 g/mol. The maximum absolute atomic E-state index is 12.3. The van der Waals surface area contributed by atoms with Gasteiger partial charge in [0.2, 0.25) is 0 Å². The van der Waals surface area contributed by atoms with Gasteiger partial charge in [0.25, 0.3) is 5.91 Å². The Kier molecular flexibility index (Phi) is 8.33. The molecule has 2 aromatic rings. The van der Waals surface area contributed by atoms with E-state index in [1.54, 1.807) is 48.5 Å². The fraction of sp³-hybridized carbons (Fsp3) is 0.348. The molecule has 0 spiro atoms. The van der Waals surface area contributed by atoms with Crippen molar-refractivity contribution in [3.8, 4) is 5.75 Å². The Bertz CT molecular complexity index is 943. The monoisotopic (exact) mass is 459 g/mol. The number of benzene rings is 2. The molecule has 0 heterocycles. The number of carbonyl (C=O) groups is 3. The summed E-state index contributed by atoms with van der Waals surface area (Å²) in [6.07, 6.45) is 2.64. The molecule has 8 nitrogen and oxygen atoms in total. The van der Waals surface area contributed by atoms with Crippen molar-refractivity contribution in [3.05, 3.63) is 59.1 Å². The Morgan fingerprint density at radius 3 is 2.25 bits per heavy atom. The van der Waals surface area contributed by atoms with Crippen molar-refractivity contribution in [2.75, 3.05) is 18.4 Å². The molecule has 0 radical (unpaired) electrons. The number of nitrogens with one attached hydrogen (secondary N) is 3. The van der Waals surface area contributed by atoms with Gasteiger partial charge in [0.05, 0.1) is 22.7 Å². The van der Waals surface area contributed by atoms with Gasteiger partial charge >= 0.3 is 12.0 Å². The second-order valence-electron chi connectivity index (χ2n) is 7.57. The molecule has 4 N–H and O–H groups in total. The van der Waals surface area contributed by atoms with Crippen LogP contribution >= 0.6 is 11.6 Å². The number of amides is 3. The maximum Gasteiger partial charge on any atom is 0.319 e. The first-order valence-corrected chi connectivity index (χ1v) is 10.9. The molecule has 1 saturated carbocycles. The van der Waals surface area contributed by atoms with Crippen LogP contribution in [0.5, 0.6) is 5.75 Å². The van der Waals surface area contributed by atoms with Gasteiger partial charge in [0.15, 0.2) is 0 Å². The third-order valence-corrected chi connectivity index (χ3v) is 5.59. The summed E-state index contributed by atoms with van der Waals surface area (Å²) < 4.78 is 5.91. The van der Waals surface area contributed by atoms with Crippen molar-refractivity contribution in [2.24, 2.45) is 5.92 Å². The number of aliphatic carboxylic acids is 1. The Balaban J connectivity index is 1.36. The molecule has 0 aliphatic heterocycles. The summed E-state index contributed by atoms with van der Waals surface area (Å²) >= 11 is 5.99. The second kappa shape index (κ2) is 11.4. The standard InChI is InChI=1S/C23H26ClN3O5/c24-19-3-1-2-4-20(19)27-23(31)26-14-13-25-21(28)15-5-9-17(10-6-15)32-18-11-7-16(8-12-18)22(29)30/h1-6,9-10,16,18H,7-8,11-14H2,(H,25,28)(H,29,30)(H2,26,27,31)/t16-,18+. The number of ether oxygens (including phenoxy) is 1. The van der Waals surface area contributed by atoms with Crippen LogP contribution in [0.1, 0.15) is 36.0 Å². The first-order chi connectivity index (χ1) is 15.4. The number of rotatable bonds is 8. The smallest absolute Gasteiger partial charge is 0.319 e. The summed E-state index contributed by atoms with van der Waals surface area (Å²) in [5.74, 6) is -0.627. The average Bonchev–Trinajstić information content (AvgIpc) is 2.79. The third kappa shape index (κ3) is 6.88. The van der Waals surface area contributed by atoms with E-state index in [4.69, 9.17) is 21.4 Å². The van der Waals surface area contributed by atoms with Crippen molar-refractivity contribution in [1.29, 1.82) is 0 Å². The van der Waals surface area contributed by atoms with Gasteiger partial charge in [0, 0.05) is 18.7 Å². The molecule has 3 amide bonds. The Morgan fingerprint density at radius 2 is 1.59 bits per heavy atom. The van der Waals surface area contributed by atoms with Gasteiger partial charge in [-0.1, -0.05) is 23.7 Å². The molecule has 0 aromatic heterocycles. The van der Waals surface area contributed by atoms with Crippen LogP contribution in [0.3, 0.4) is 0 Å². The zero-order valence-electron chi connectivity index (χ0n) is 17.5. The molecule has 1 aliphatic carbocycles. The first kappa shape index (κ1) is 23.4. The van der Waals surface area contributed by atoms with E-state index in [-0.39, 0.29) is 31.0 Å². The summed E-state index contributed by atoms with van der Waals surface area (Å²) in [6.45, 7) is 0.516. The number of carboxylic acids is 1. The Morgan fingerprint density at radius 1 is 0.938 bits per heavy atom. The molecule has 0 bridgehead atoms. The van der Waals surface area contributed by atoms with Crippen molar-refractivity contribution in [1.82, 2.24) is 10.6 Å². The Hall–Kier alpha value is -3.26. The van der Waals surface area contributed by atoms with Crippen LogP contribution in [0, 0.1) is 5.92 Å². The summed E-state index contributed by atoms with van der Waals surface area (Å²) in [4.78, 5) is 35.2. The normalized spacial score (nSPS) is 17.8. The average molecular weight is 460 g/mol. The lowest BCUT2D eigenvalue weighted by Gasteiger charge is -2.26. The number of carbonyl (C=O) groups excluding carboxylic acids is 2. The Labute approximate surface area is 191 Å². The highest BCUT2D eigenvalue weighted by molar-refractivity contribution is 6.33. The SMILES string of the molecule is O=C(NCCNC(=O)c1ccc(O[C@H]2CC[C@@H](C(=O)O)CC2)cc1)Nc1ccccc1Cl. The van der Waals surface area contributed by atoms with Crippen LogP contribution < -0.4 is 20.7 Å². The van der Waals surface area contributed by atoms with Gasteiger partial charge in [-0.25, -0.2) is 4.79 Å². The predicted molar refractivity (Wildman–Crippen MR) is 121 cm³/mol. The summed E-state index contributed by atoms with van der Waals surface area (Å²) in [5, 5.41) is 17.5. The van der Waals surface area contributed by atoms with Crippen LogP contribution in [0.15, 0.2) is 48.5 Å². The summed E-state index contributed by atoms with van der Waals surface area (Å²) in [7, 11) is 0. The van der Waals surface area contributed by atoms with E-state index in [0.29, 0.717) is 47.7 Å². The van der Waals surface area contributed by atoms with Crippen molar-refractivity contribution in [2.45, 2.75) is 31.8 Å². The summed E-state index contributed by atoms with van der Waals surface area (Å²) in [6, 6.07) is 13.3. The molecule has 9 heteroatoms. The van der Waals surface area contributed by atoms with Crippen molar-refractivity contribution >= 4 is 35.2 Å². The van der Waals surface area contributed by atoms with Crippen LogP contribution in [-0.4, -0.2) is 42.2 Å². The minimum absolute atomic E-state index is 0.00624. The van der Waals surface area contributed by atoms with Gasteiger partial charge in [-0.05, 0) is 62.1 Å². The number of para-hydroxylation sites is 1. The molecule has 1 aliphatic rings. The predicted octanol–water partition coefficient (Wildman–Crippen LogP) is 3.91. The molecule has 170 valence electrons. The molecular formula is C23H26ClN3O5. The summed E-state index contributed by atoms with van der Waals surface area (Å²) in [5.41, 5.74) is 0.986. The number of carboxylic acid groups (broad SMARTS) is 1. The zero-order valence-corrected chi connectivity index (χ0v) is 18.2. The van der Waals surface area contributed by atoms with Gasteiger partial charge in [0.1, 0.15) is 5.75 Å². The van der Waals surface area contributed by atoms with Gasteiger partial charge in [-0.2, -0.15) is 0 Å². The number of hydrogen-bond donors (Lipinski definition) is 4. The molecule has 32 heavy (non-hydrogen) atoms. The van der Waals surface area contributed by atoms with E-state index in [0.717, 1.165) is 0 Å². The second-order valence-corrected chi connectivity index (χ2v) is 7.98. The first-order valence-electron chi connectivity index (χ1n) is 10.5. The number of anilines is 1. The highest BCUT2D eigenvalue weighted by atomic mass is 35.5. The van der Waals surface area contributed by atoms with E-state index in [1.165, 1.54) is 0 Å². The van der Waals surface area contributed by atoms with Crippen LogP contribution in [0.2, 0.25) is 5.02 Å². The lowest BCUT2D eigenvalue weighted by molar-refractivity contribution is -0.143. The molecule has 0 unspecified atom stereocenters.